The Kier molecular flexibility index (Phi) is 4.53. The van der Waals surface area contributed by atoms with E-state index in [2.05, 4.69) is 21.0 Å². The van der Waals surface area contributed by atoms with Crippen molar-refractivity contribution < 1.29 is 4.39 Å². The fraction of sp³-hybridized carbons (Fsp3) is 0.357. The molecule has 1 heterocycles. The quantitative estimate of drug-likeness (QED) is 0.774. The van der Waals surface area contributed by atoms with Gasteiger partial charge in [-0.05, 0) is 42.0 Å². The molecule has 0 bridgehead atoms. The van der Waals surface area contributed by atoms with Gasteiger partial charge >= 0.3 is 0 Å². The highest BCUT2D eigenvalue weighted by Crippen LogP contribution is 2.17. The summed E-state index contributed by atoms with van der Waals surface area (Å²) in [4.78, 5) is 0. The molecule has 0 amide bonds. The van der Waals surface area contributed by atoms with Crippen LogP contribution < -0.4 is 0 Å². The van der Waals surface area contributed by atoms with Crippen LogP contribution in [0.4, 0.5) is 4.39 Å². The molecule has 18 heavy (non-hydrogen) atoms. The Morgan fingerprint density at radius 1 is 1.33 bits per heavy atom. The van der Waals surface area contributed by atoms with Crippen molar-refractivity contribution in [1.29, 1.82) is 0 Å². The van der Waals surface area contributed by atoms with E-state index >= 15 is 0 Å². The van der Waals surface area contributed by atoms with Crippen LogP contribution in [0.3, 0.4) is 0 Å². The van der Waals surface area contributed by atoms with Gasteiger partial charge in [0.1, 0.15) is 5.82 Å². The van der Waals surface area contributed by atoms with Crippen molar-refractivity contribution in [3.05, 3.63) is 53.6 Å². The minimum Gasteiger partial charge on any atom is -0.276 e. The summed E-state index contributed by atoms with van der Waals surface area (Å²) in [6.07, 6.45) is 5.75. The van der Waals surface area contributed by atoms with Crippen molar-refractivity contribution in [3.8, 4) is 0 Å². The zero-order valence-corrected chi connectivity index (χ0v) is 11.9. The smallest absolute Gasteiger partial charge is 0.123 e. The highest BCUT2D eigenvalue weighted by Gasteiger charge is 2.11. The summed E-state index contributed by atoms with van der Waals surface area (Å²) in [6.45, 7) is 0. The van der Waals surface area contributed by atoms with Crippen LogP contribution in [-0.2, 0) is 19.9 Å². The molecule has 1 aromatic carbocycles. The van der Waals surface area contributed by atoms with Gasteiger partial charge in [0.15, 0.2) is 0 Å². The lowest BCUT2D eigenvalue weighted by Crippen LogP contribution is -2.09. The van der Waals surface area contributed by atoms with Gasteiger partial charge < -0.3 is 0 Å². The topological polar surface area (TPSA) is 17.8 Å². The molecule has 0 aliphatic carbocycles. The summed E-state index contributed by atoms with van der Waals surface area (Å²) >= 11 is 3.54. The molecule has 1 aromatic heterocycles. The second kappa shape index (κ2) is 6.14. The normalized spacial score (nSPS) is 12.6. The largest absolute Gasteiger partial charge is 0.276 e. The molecule has 0 aliphatic heterocycles. The third-order valence-corrected chi connectivity index (χ3v) is 3.83. The number of nitrogens with zero attached hydrogens (tertiary/aromatic N) is 2. The molecule has 2 rings (SSSR count). The van der Waals surface area contributed by atoms with Crippen LogP contribution in [0.1, 0.15) is 11.1 Å². The van der Waals surface area contributed by atoms with Crippen LogP contribution in [0.5, 0.6) is 0 Å². The van der Waals surface area contributed by atoms with Crippen molar-refractivity contribution in [2.45, 2.75) is 12.8 Å². The Labute approximate surface area is 115 Å². The lowest BCUT2D eigenvalue weighted by Gasteiger charge is -2.13. The predicted octanol–water partition coefficient (Wildman–Crippen LogP) is 3.36. The van der Waals surface area contributed by atoms with E-state index in [0.717, 1.165) is 23.7 Å². The third kappa shape index (κ3) is 3.67. The molecular weight excluding hydrogens is 295 g/mol. The molecule has 2 aromatic rings. The van der Waals surface area contributed by atoms with Crippen LogP contribution in [0.25, 0.3) is 0 Å². The summed E-state index contributed by atoms with van der Waals surface area (Å²) < 4.78 is 14.9. The number of rotatable bonds is 5. The van der Waals surface area contributed by atoms with Gasteiger partial charge in [0.05, 0.1) is 6.20 Å². The standard InChI is InChI=1S/C14H16BrFN2/c1-18-10-13(9-17-18)6-12(8-15)5-11-3-2-4-14(16)7-11/h2-4,7,9-10,12H,5-6,8H2,1H3. The lowest BCUT2D eigenvalue weighted by molar-refractivity contribution is 0.582. The Balaban J connectivity index is 2.01. The molecule has 0 saturated carbocycles. The number of aromatic nitrogens is 2. The van der Waals surface area contributed by atoms with Crippen molar-refractivity contribution in [2.24, 2.45) is 13.0 Å². The summed E-state index contributed by atoms with van der Waals surface area (Å²) in [6, 6.07) is 6.83. The number of benzene rings is 1. The van der Waals surface area contributed by atoms with E-state index in [0.29, 0.717) is 5.92 Å². The van der Waals surface area contributed by atoms with E-state index in [4.69, 9.17) is 0 Å². The Morgan fingerprint density at radius 2 is 2.11 bits per heavy atom. The first-order valence-electron chi connectivity index (χ1n) is 5.95. The molecule has 1 atom stereocenters. The minimum absolute atomic E-state index is 0.165. The number of halogens is 2. The summed E-state index contributed by atoms with van der Waals surface area (Å²) in [5, 5.41) is 5.07. The maximum absolute atomic E-state index is 13.1. The van der Waals surface area contributed by atoms with Gasteiger partial charge in [-0.1, -0.05) is 28.1 Å². The van der Waals surface area contributed by atoms with Crippen LogP contribution in [0.15, 0.2) is 36.7 Å². The molecule has 0 aliphatic rings. The average Bonchev–Trinajstić information content (AvgIpc) is 2.74. The Morgan fingerprint density at radius 3 is 2.72 bits per heavy atom. The number of alkyl halides is 1. The summed E-state index contributed by atoms with van der Waals surface area (Å²) in [7, 11) is 1.92. The van der Waals surface area contributed by atoms with Crippen molar-refractivity contribution >= 4 is 15.9 Å². The van der Waals surface area contributed by atoms with Gasteiger partial charge in [-0.15, -0.1) is 0 Å². The van der Waals surface area contributed by atoms with Crippen molar-refractivity contribution in [1.82, 2.24) is 9.78 Å². The van der Waals surface area contributed by atoms with Gasteiger partial charge in [-0.25, -0.2) is 4.39 Å². The van der Waals surface area contributed by atoms with Crippen LogP contribution in [-0.4, -0.2) is 15.1 Å². The molecule has 1 unspecified atom stereocenters. The number of hydrogen-bond donors (Lipinski definition) is 0. The molecule has 0 saturated heterocycles. The SMILES string of the molecule is Cn1cc(CC(CBr)Cc2cccc(F)c2)cn1. The Hall–Kier alpha value is -1.16. The fourth-order valence-electron chi connectivity index (χ4n) is 2.09. The van der Waals surface area contributed by atoms with Crippen LogP contribution in [0, 0.1) is 11.7 Å². The molecular formula is C14H16BrFN2. The second-order valence-corrected chi connectivity index (χ2v) is 5.23. The second-order valence-electron chi connectivity index (χ2n) is 4.58. The number of aryl methyl sites for hydroxylation is 1. The lowest BCUT2D eigenvalue weighted by atomic mass is 9.95. The van der Waals surface area contributed by atoms with E-state index in [1.165, 1.54) is 11.6 Å². The van der Waals surface area contributed by atoms with Crippen LogP contribution >= 0.6 is 15.9 Å². The summed E-state index contributed by atoms with van der Waals surface area (Å²) in [5.41, 5.74) is 2.27. The predicted molar refractivity (Wildman–Crippen MR) is 74.3 cm³/mol. The molecule has 96 valence electrons. The first-order chi connectivity index (χ1) is 8.67. The molecule has 0 N–H and O–H groups in total. The van der Waals surface area contributed by atoms with Gasteiger partial charge in [-0.3, -0.25) is 4.68 Å². The van der Waals surface area contributed by atoms with Crippen LogP contribution in [0.2, 0.25) is 0 Å². The van der Waals surface area contributed by atoms with E-state index < -0.39 is 0 Å². The summed E-state index contributed by atoms with van der Waals surface area (Å²) in [5.74, 6) is 0.290. The van der Waals surface area contributed by atoms with E-state index in [-0.39, 0.29) is 5.82 Å². The van der Waals surface area contributed by atoms with Gasteiger partial charge in [0.25, 0.3) is 0 Å². The Bertz CT molecular complexity index is 510. The first-order valence-corrected chi connectivity index (χ1v) is 7.07. The van der Waals surface area contributed by atoms with Crippen molar-refractivity contribution in [2.75, 3.05) is 5.33 Å². The van der Waals surface area contributed by atoms with E-state index in [1.807, 2.05) is 30.2 Å². The zero-order chi connectivity index (χ0) is 13.0. The average molecular weight is 311 g/mol. The first kappa shape index (κ1) is 13.3. The van der Waals surface area contributed by atoms with E-state index in [9.17, 15) is 4.39 Å². The maximum atomic E-state index is 13.1. The number of hydrogen-bond acceptors (Lipinski definition) is 1. The van der Waals surface area contributed by atoms with E-state index in [1.54, 1.807) is 12.1 Å². The minimum atomic E-state index is -0.165. The monoisotopic (exact) mass is 310 g/mol. The molecule has 4 heteroatoms. The molecule has 2 nitrogen and oxygen atoms in total. The van der Waals surface area contributed by atoms with Crippen molar-refractivity contribution in [3.63, 3.8) is 0 Å². The van der Waals surface area contributed by atoms with Gasteiger partial charge in [-0.2, -0.15) is 5.10 Å². The highest BCUT2D eigenvalue weighted by molar-refractivity contribution is 9.09. The molecule has 0 radical (unpaired) electrons. The van der Waals surface area contributed by atoms with Gasteiger partial charge in [0, 0.05) is 18.6 Å². The zero-order valence-electron chi connectivity index (χ0n) is 10.3. The molecule has 0 fully saturated rings. The molecule has 0 spiro atoms. The fourth-order valence-corrected chi connectivity index (χ4v) is 2.55. The maximum Gasteiger partial charge on any atom is 0.123 e. The van der Waals surface area contributed by atoms with Gasteiger partial charge in [0.2, 0.25) is 0 Å². The highest BCUT2D eigenvalue weighted by atomic mass is 79.9. The third-order valence-electron chi connectivity index (χ3n) is 2.91.